The molecule has 0 unspecified atom stereocenters. The summed E-state index contributed by atoms with van der Waals surface area (Å²) in [5.74, 6) is -0.406. The van der Waals surface area contributed by atoms with Gasteiger partial charge in [0.2, 0.25) is 0 Å². The van der Waals surface area contributed by atoms with Gasteiger partial charge in [-0.3, -0.25) is 14.4 Å². The molecular weight excluding hydrogens is 202 g/mol. The van der Waals surface area contributed by atoms with Crippen molar-refractivity contribution >= 4 is 22.8 Å². The Labute approximate surface area is 90.8 Å². The Balaban J connectivity index is -0.0000000651. The summed E-state index contributed by atoms with van der Waals surface area (Å²) in [5, 5.41) is 0.171. The molecule has 0 spiro atoms. The van der Waals surface area contributed by atoms with Crippen molar-refractivity contribution in [2.45, 2.75) is 28.7 Å². The summed E-state index contributed by atoms with van der Waals surface area (Å²) < 4.78 is 4.20. The molecule has 0 aromatic rings. The largest absolute Gasteiger partial charge is 0.394 e. The van der Waals surface area contributed by atoms with Gasteiger partial charge >= 0.3 is 12.7 Å². The van der Waals surface area contributed by atoms with E-state index >= 15 is 0 Å². The van der Waals surface area contributed by atoms with Crippen LogP contribution in [0, 0.1) is 6.57 Å². The normalized spacial score (nSPS) is 6.14. The van der Waals surface area contributed by atoms with Gasteiger partial charge in [-0.25, -0.2) is 6.57 Å². The molecule has 0 atom stereocenters. The highest BCUT2D eigenvalue weighted by molar-refractivity contribution is 8.12. The molecule has 0 aliphatic rings. The number of hydrogen-bond donors (Lipinski definition) is 0. The molecule has 0 radical (unpaired) electrons. The molecule has 0 N–H and O–H groups in total. The molecule has 84 valence electrons. The zero-order valence-electron chi connectivity index (χ0n) is 7.29. The molecule has 0 bridgehead atoms. The van der Waals surface area contributed by atoms with Gasteiger partial charge in [0.25, 0.3) is 0 Å². The van der Waals surface area contributed by atoms with Gasteiger partial charge in [-0.2, -0.15) is 0 Å². The number of nitrogens with zero attached hydrogens (tertiary/aromatic N) is 1. The average molecular weight is 221 g/mol. The second kappa shape index (κ2) is 17.9. The first-order chi connectivity index (χ1) is 5.54. The fourth-order valence-corrected chi connectivity index (χ4v) is 0.123. The van der Waals surface area contributed by atoms with Crippen molar-refractivity contribution in [1.82, 2.24) is 0 Å². The van der Waals surface area contributed by atoms with E-state index in [1.807, 2.05) is 0 Å². The fourth-order valence-electron chi connectivity index (χ4n) is 0.123. The van der Waals surface area contributed by atoms with Gasteiger partial charge in [-0.15, -0.1) is 0 Å². The molecule has 4 nitrogen and oxygen atoms in total. The van der Waals surface area contributed by atoms with Crippen molar-refractivity contribution in [2.75, 3.05) is 13.0 Å². The molecule has 0 rings (SSSR count). The first kappa shape index (κ1) is 23.1. The third-order valence-corrected chi connectivity index (χ3v) is 1.19. The third-order valence-electron chi connectivity index (χ3n) is 0.620. The molecule has 0 saturated heterocycles. The number of carbonyl (C=O) groups is 2. The summed E-state index contributed by atoms with van der Waals surface area (Å²) in [4.78, 5) is 22.4. The van der Waals surface area contributed by atoms with Crippen LogP contribution in [0.3, 0.4) is 0 Å². The molecule has 14 heavy (non-hydrogen) atoms. The van der Waals surface area contributed by atoms with Crippen molar-refractivity contribution in [3.8, 4) is 0 Å². The Kier molecular flexibility index (Phi) is 29.6. The molecule has 0 saturated carbocycles. The van der Waals surface area contributed by atoms with Crippen LogP contribution in [-0.2, 0) is 14.3 Å². The van der Waals surface area contributed by atoms with Crippen LogP contribution in [0.5, 0.6) is 0 Å². The summed E-state index contributed by atoms with van der Waals surface area (Å²) in [6.45, 7) is 8.80. The van der Waals surface area contributed by atoms with E-state index in [1.54, 1.807) is 13.2 Å². The van der Waals surface area contributed by atoms with Crippen LogP contribution in [-0.4, -0.2) is 24.1 Å². The zero-order chi connectivity index (χ0) is 9.98. The van der Waals surface area contributed by atoms with Crippen molar-refractivity contribution in [1.29, 1.82) is 0 Å². The minimum absolute atomic E-state index is 0. The minimum Gasteiger partial charge on any atom is -0.394 e. The van der Waals surface area contributed by atoms with Crippen LogP contribution >= 0.6 is 11.8 Å². The lowest BCUT2D eigenvalue weighted by Crippen LogP contribution is -1.95. The number of esters is 1. The Bertz CT molecular complexity index is 187. The van der Waals surface area contributed by atoms with Gasteiger partial charge in [-0.05, 0) is 6.26 Å². The lowest BCUT2D eigenvalue weighted by molar-refractivity contribution is -0.139. The Morgan fingerprint density at radius 1 is 1.36 bits per heavy atom. The highest BCUT2D eigenvalue weighted by atomic mass is 32.2. The summed E-state index contributed by atoms with van der Waals surface area (Å²) >= 11 is 1.24. The second-order valence-electron chi connectivity index (χ2n) is 1.62. The topological polar surface area (TPSA) is 47.7 Å². The van der Waals surface area contributed by atoms with Crippen molar-refractivity contribution < 1.29 is 14.3 Å². The van der Waals surface area contributed by atoms with E-state index < -0.39 is 5.97 Å². The minimum atomic E-state index is -0.406. The third kappa shape index (κ3) is 44.1. The Morgan fingerprint density at radius 3 is 1.79 bits per heavy atom. The molecule has 5 heteroatoms. The SMILES string of the molecule is C.C.CSC(C)=O.[C-]#[N+]COC(C)=O. The summed E-state index contributed by atoms with van der Waals surface area (Å²) in [6.07, 6.45) is 1.77. The van der Waals surface area contributed by atoms with Crippen molar-refractivity contribution in [2.24, 2.45) is 0 Å². The number of thioether (sulfide) groups is 1. The van der Waals surface area contributed by atoms with Gasteiger partial charge in [0.1, 0.15) is 0 Å². The molecule has 0 fully saturated rings. The smallest absolute Gasteiger partial charge is 0.359 e. The first-order valence-corrected chi connectivity index (χ1v) is 4.28. The summed E-state index contributed by atoms with van der Waals surface area (Å²) in [6, 6.07) is 0. The molecule has 0 aromatic carbocycles. The van der Waals surface area contributed by atoms with Crippen LogP contribution in [0.1, 0.15) is 28.7 Å². The van der Waals surface area contributed by atoms with E-state index in [0.29, 0.717) is 0 Å². The molecular formula is C9H19NO3S. The molecule has 0 aliphatic heterocycles. The van der Waals surface area contributed by atoms with Crippen LogP contribution in [0.2, 0.25) is 0 Å². The maximum absolute atomic E-state index is 9.84. The van der Waals surface area contributed by atoms with Crippen molar-refractivity contribution in [3.05, 3.63) is 11.4 Å². The molecule has 0 amide bonds. The quantitative estimate of drug-likeness (QED) is 0.504. The van der Waals surface area contributed by atoms with E-state index in [4.69, 9.17) is 6.57 Å². The maximum Gasteiger partial charge on any atom is 0.359 e. The molecule has 0 aromatic heterocycles. The summed E-state index contributed by atoms with van der Waals surface area (Å²) in [7, 11) is 0. The van der Waals surface area contributed by atoms with Gasteiger partial charge in [0.15, 0.2) is 5.12 Å². The van der Waals surface area contributed by atoms with E-state index in [2.05, 4.69) is 9.58 Å². The maximum atomic E-state index is 9.84. The highest BCUT2D eigenvalue weighted by Crippen LogP contribution is 1.88. The molecule has 0 heterocycles. The van der Waals surface area contributed by atoms with E-state index in [0.717, 1.165) is 0 Å². The Hall–Kier alpha value is -1.02. The number of rotatable bonds is 1. The van der Waals surface area contributed by atoms with Gasteiger partial charge in [0, 0.05) is 13.8 Å². The zero-order valence-corrected chi connectivity index (χ0v) is 8.10. The number of ether oxygens (including phenoxy) is 1. The fraction of sp³-hybridized carbons (Fsp3) is 0.667. The van der Waals surface area contributed by atoms with E-state index in [-0.39, 0.29) is 26.7 Å². The van der Waals surface area contributed by atoms with Gasteiger partial charge in [0.05, 0.1) is 0 Å². The summed E-state index contributed by atoms with van der Waals surface area (Å²) in [5.41, 5.74) is 0. The number of carbonyl (C=O) groups excluding carboxylic acids is 2. The van der Waals surface area contributed by atoms with Crippen LogP contribution < -0.4 is 0 Å². The van der Waals surface area contributed by atoms with Crippen molar-refractivity contribution in [3.63, 3.8) is 0 Å². The lowest BCUT2D eigenvalue weighted by atomic mass is 10.8. The lowest BCUT2D eigenvalue weighted by Gasteiger charge is -1.84. The van der Waals surface area contributed by atoms with E-state index in [1.165, 1.54) is 18.7 Å². The standard InChI is InChI=1S/C4H5NO2.C3H6OS.2CH4/c1-4(6)7-3-5-2;1-3(4)5-2;;/h3H2,1H3;1-2H3;2*1H4. The average Bonchev–Trinajstić information content (AvgIpc) is 2.02. The van der Waals surface area contributed by atoms with Crippen LogP contribution in [0.4, 0.5) is 0 Å². The highest BCUT2D eigenvalue weighted by Gasteiger charge is 1.87. The number of hydrogen-bond acceptors (Lipinski definition) is 4. The predicted molar refractivity (Wildman–Crippen MR) is 60.9 cm³/mol. The monoisotopic (exact) mass is 221 g/mol. The Morgan fingerprint density at radius 2 is 1.71 bits per heavy atom. The van der Waals surface area contributed by atoms with E-state index in [9.17, 15) is 9.59 Å². The van der Waals surface area contributed by atoms with Gasteiger partial charge < -0.3 is 4.74 Å². The second-order valence-corrected chi connectivity index (χ2v) is 2.60. The predicted octanol–water partition coefficient (Wildman–Crippen LogP) is 2.59. The van der Waals surface area contributed by atoms with Crippen LogP contribution in [0.15, 0.2) is 0 Å². The molecule has 0 aliphatic carbocycles. The van der Waals surface area contributed by atoms with Gasteiger partial charge in [-0.1, -0.05) is 26.6 Å². The van der Waals surface area contributed by atoms with Crippen LogP contribution in [0.25, 0.3) is 4.85 Å². The first-order valence-electron chi connectivity index (χ1n) is 3.05.